The van der Waals surface area contributed by atoms with Gasteiger partial charge in [-0.2, -0.15) is 0 Å². The standard InChI is InChI=1S/C15H25NO2S/c1-11-8-7-9-12(2)13(11)10-14(16-5)15(3,4)19(6,17)18/h7-9,14,16H,10H2,1-6H3. The molecule has 0 spiro atoms. The number of hydrogen-bond donors (Lipinski definition) is 1. The number of nitrogens with one attached hydrogen (secondary N) is 1. The van der Waals surface area contributed by atoms with Crippen LogP contribution in [0.3, 0.4) is 0 Å². The minimum atomic E-state index is -3.12. The van der Waals surface area contributed by atoms with Crippen LogP contribution in [0.2, 0.25) is 0 Å². The van der Waals surface area contributed by atoms with Gasteiger partial charge in [-0.15, -0.1) is 0 Å². The smallest absolute Gasteiger partial charge is 0.154 e. The maximum Gasteiger partial charge on any atom is 0.154 e. The Morgan fingerprint density at radius 1 is 1.21 bits per heavy atom. The van der Waals surface area contributed by atoms with Gasteiger partial charge in [0.15, 0.2) is 9.84 Å². The highest BCUT2D eigenvalue weighted by Gasteiger charge is 2.38. The Hall–Kier alpha value is -0.870. The first kappa shape index (κ1) is 16.2. The second kappa shape index (κ2) is 5.63. The molecule has 3 nitrogen and oxygen atoms in total. The van der Waals surface area contributed by atoms with Gasteiger partial charge in [-0.05, 0) is 57.9 Å². The van der Waals surface area contributed by atoms with E-state index >= 15 is 0 Å². The molecule has 0 saturated carbocycles. The Morgan fingerprint density at radius 2 is 1.68 bits per heavy atom. The third kappa shape index (κ3) is 3.37. The van der Waals surface area contributed by atoms with Gasteiger partial charge < -0.3 is 5.32 Å². The molecule has 0 saturated heterocycles. The molecule has 0 radical (unpaired) electrons. The fourth-order valence-corrected chi connectivity index (χ4v) is 3.05. The molecule has 0 fully saturated rings. The second-order valence-corrected chi connectivity index (χ2v) is 8.39. The number of aryl methyl sites for hydroxylation is 2. The highest BCUT2D eigenvalue weighted by Crippen LogP contribution is 2.25. The highest BCUT2D eigenvalue weighted by atomic mass is 32.2. The fourth-order valence-electron chi connectivity index (χ4n) is 2.33. The average Bonchev–Trinajstić information content (AvgIpc) is 2.26. The van der Waals surface area contributed by atoms with Crippen LogP contribution in [0.5, 0.6) is 0 Å². The van der Waals surface area contributed by atoms with E-state index in [1.807, 2.05) is 13.1 Å². The van der Waals surface area contributed by atoms with Crippen molar-refractivity contribution in [3.8, 4) is 0 Å². The maximum absolute atomic E-state index is 12.0. The molecule has 1 atom stereocenters. The first-order chi connectivity index (χ1) is 8.61. The number of hydrogen-bond acceptors (Lipinski definition) is 3. The number of sulfone groups is 1. The Bertz CT molecular complexity index is 527. The second-order valence-electron chi connectivity index (χ2n) is 5.79. The minimum Gasteiger partial charge on any atom is -0.315 e. The van der Waals surface area contributed by atoms with Crippen molar-refractivity contribution >= 4 is 9.84 Å². The summed E-state index contributed by atoms with van der Waals surface area (Å²) in [4.78, 5) is 0. The molecule has 1 aromatic carbocycles. The molecule has 0 heterocycles. The number of rotatable bonds is 5. The third-order valence-corrected chi connectivity index (χ3v) is 6.39. The first-order valence-corrected chi connectivity index (χ1v) is 8.42. The molecule has 0 aliphatic carbocycles. The summed E-state index contributed by atoms with van der Waals surface area (Å²) in [6.07, 6.45) is 2.02. The van der Waals surface area contributed by atoms with Crippen molar-refractivity contribution < 1.29 is 8.42 Å². The largest absolute Gasteiger partial charge is 0.315 e. The predicted molar refractivity (Wildman–Crippen MR) is 81.4 cm³/mol. The lowest BCUT2D eigenvalue weighted by Crippen LogP contribution is -2.51. The summed E-state index contributed by atoms with van der Waals surface area (Å²) in [6, 6.07) is 6.07. The summed E-state index contributed by atoms with van der Waals surface area (Å²) in [6.45, 7) is 7.72. The lowest BCUT2D eigenvalue weighted by Gasteiger charge is -2.33. The van der Waals surface area contributed by atoms with Crippen LogP contribution in [0.15, 0.2) is 18.2 Å². The average molecular weight is 283 g/mol. The molecule has 1 aromatic rings. The summed E-state index contributed by atoms with van der Waals surface area (Å²) in [5, 5.41) is 3.17. The van der Waals surface area contributed by atoms with E-state index in [0.29, 0.717) is 0 Å². The van der Waals surface area contributed by atoms with Crippen molar-refractivity contribution in [3.05, 3.63) is 34.9 Å². The van der Waals surface area contributed by atoms with Crippen molar-refractivity contribution in [1.29, 1.82) is 0 Å². The van der Waals surface area contributed by atoms with Gasteiger partial charge in [0.25, 0.3) is 0 Å². The van der Waals surface area contributed by atoms with Crippen LogP contribution in [0.25, 0.3) is 0 Å². The Labute approximate surface area is 117 Å². The van der Waals surface area contributed by atoms with E-state index < -0.39 is 14.6 Å². The monoisotopic (exact) mass is 283 g/mol. The topological polar surface area (TPSA) is 46.2 Å². The molecule has 4 heteroatoms. The molecule has 0 aromatic heterocycles. The summed E-state index contributed by atoms with van der Waals surface area (Å²) < 4.78 is 23.2. The lowest BCUT2D eigenvalue weighted by molar-refractivity contribution is 0.430. The van der Waals surface area contributed by atoms with Gasteiger partial charge in [0.2, 0.25) is 0 Å². The molecular weight excluding hydrogens is 258 g/mol. The Morgan fingerprint density at radius 3 is 2.05 bits per heavy atom. The molecule has 108 valence electrons. The summed E-state index contributed by atoms with van der Waals surface area (Å²) in [5.74, 6) is 0. The van der Waals surface area contributed by atoms with E-state index in [9.17, 15) is 8.42 Å². The summed E-state index contributed by atoms with van der Waals surface area (Å²) >= 11 is 0. The van der Waals surface area contributed by atoms with E-state index in [1.54, 1.807) is 13.8 Å². The van der Waals surface area contributed by atoms with Crippen LogP contribution in [0.1, 0.15) is 30.5 Å². The quantitative estimate of drug-likeness (QED) is 0.901. The minimum absolute atomic E-state index is 0.109. The molecule has 1 rings (SSSR count). The number of likely N-dealkylation sites (N-methyl/N-ethyl adjacent to an activating group) is 1. The van der Waals surface area contributed by atoms with Crippen LogP contribution in [0, 0.1) is 13.8 Å². The molecule has 0 bridgehead atoms. The normalized spacial score (nSPS) is 14.4. The molecule has 19 heavy (non-hydrogen) atoms. The van der Waals surface area contributed by atoms with E-state index in [2.05, 4.69) is 31.3 Å². The molecule has 1 N–H and O–H groups in total. The van der Waals surface area contributed by atoms with Crippen LogP contribution >= 0.6 is 0 Å². The molecule has 1 unspecified atom stereocenters. The van der Waals surface area contributed by atoms with Crippen molar-refractivity contribution in [3.63, 3.8) is 0 Å². The number of benzene rings is 1. The van der Waals surface area contributed by atoms with Crippen molar-refractivity contribution in [2.24, 2.45) is 0 Å². The van der Waals surface area contributed by atoms with E-state index in [1.165, 1.54) is 22.9 Å². The molecule has 0 aliphatic heterocycles. The van der Waals surface area contributed by atoms with Crippen molar-refractivity contribution in [1.82, 2.24) is 5.32 Å². The van der Waals surface area contributed by atoms with Gasteiger partial charge >= 0.3 is 0 Å². The Balaban J connectivity index is 3.15. The highest BCUT2D eigenvalue weighted by molar-refractivity contribution is 7.92. The first-order valence-electron chi connectivity index (χ1n) is 6.53. The molecule has 0 aliphatic rings. The van der Waals surface area contributed by atoms with Crippen LogP contribution in [-0.4, -0.2) is 32.5 Å². The van der Waals surface area contributed by atoms with Crippen LogP contribution in [-0.2, 0) is 16.3 Å². The van der Waals surface area contributed by atoms with Gasteiger partial charge in [0.1, 0.15) is 0 Å². The van der Waals surface area contributed by atoms with Gasteiger partial charge in [-0.25, -0.2) is 8.42 Å². The van der Waals surface area contributed by atoms with Crippen LogP contribution in [0.4, 0.5) is 0 Å². The van der Waals surface area contributed by atoms with Crippen LogP contribution < -0.4 is 5.32 Å². The van der Waals surface area contributed by atoms with Gasteiger partial charge in [-0.1, -0.05) is 18.2 Å². The molecular formula is C15H25NO2S. The predicted octanol–water partition coefficient (Wildman–Crippen LogP) is 2.26. The van der Waals surface area contributed by atoms with E-state index in [0.717, 1.165) is 6.42 Å². The van der Waals surface area contributed by atoms with Crippen molar-refractivity contribution in [2.45, 2.75) is 44.9 Å². The third-order valence-electron chi connectivity index (χ3n) is 4.20. The maximum atomic E-state index is 12.0. The zero-order valence-electron chi connectivity index (χ0n) is 12.7. The summed E-state index contributed by atoms with van der Waals surface area (Å²) in [7, 11) is -1.30. The SMILES string of the molecule is CNC(Cc1c(C)cccc1C)C(C)(C)S(C)(=O)=O. The van der Waals surface area contributed by atoms with Crippen molar-refractivity contribution in [2.75, 3.05) is 13.3 Å². The lowest BCUT2D eigenvalue weighted by atomic mass is 9.91. The zero-order chi connectivity index (χ0) is 14.8. The summed E-state index contributed by atoms with van der Waals surface area (Å²) in [5.41, 5.74) is 3.66. The fraction of sp³-hybridized carbons (Fsp3) is 0.600. The van der Waals surface area contributed by atoms with Gasteiger partial charge in [-0.3, -0.25) is 0 Å². The zero-order valence-corrected chi connectivity index (χ0v) is 13.6. The van der Waals surface area contributed by atoms with E-state index in [-0.39, 0.29) is 6.04 Å². The Kier molecular flexibility index (Phi) is 4.80. The molecule has 0 amide bonds. The van der Waals surface area contributed by atoms with Gasteiger partial charge in [0.05, 0.1) is 4.75 Å². The van der Waals surface area contributed by atoms with E-state index in [4.69, 9.17) is 0 Å². The van der Waals surface area contributed by atoms with Gasteiger partial charge in [0, 0.05) is 12.3 Å².